The molecule has 4 heteroatoms. The van der Waals surface area contributed by atoms with E-state index in [9.17, 15) is 4.79 Å². The second-order valence-corrected chi connectivity index (χ2v) is 7.63. The summed E-state index contributed by atoms with van der Waals surface area (Å²) in [5.74, 6) is 0. The van der Waals surface area contributed by atoms with Gasteiger partial charge in [0.05, 0.1) is 12.6 Å². The van der Waals surface area contributed by atoms with Crippen LogP contribution in [0.25, 0.3) is 0 Å². The van der Waals surface area contributed by atoms with Crippen LogP contribution in [0, 0.1) is 6.92 Å². The van der Waals surface area contributed by atoms with Gasteiger partial charge in [-0.3, -0.25) is 0 Å². The summed E-state index contributed by atoms with van der Waals surface area (Å²) in [6.07, 6.45) is 2.67. The van der Waals surface area contributed by atoms with Gasteiger partial charge in [-0.15, -0.1) is 0 Å². The Balaban J connectivity index is 1.83. The van der Waals surface area contributed by atoms with Crippen molar-refractivity contribution < 1.29 is 14.3 Å². The number of nitrogens with zero attached hydrogens (tertiary/aromatic N) is 1. The highest BCUT2D eigenvalue weighted by atomic mass is 16.6. The van der Waals surface area contributed by atoms with Crippen molar-refractivity contribution in [1.29, 1.82) is 0 Å². The number of rotatable bonds is 1. The van der Waals surface area contributed by atoms with Gasteiger partial charge in [-0.25, -0.2) is 4.79 Å². The van der Waals surface area contributed by atoms with Gasteiger partial charge in [0.2, 0.25) is 0 Å². The second kappa shape index (κ2) is 6.16. The van der Waals surface area contributed by atoms with Crippen molar-refractivity contribution in [3.63, 3.8) is 0 Å². The number of benzene rings is 1. The first-order chi connectivity index (χ1) is 10.8. The molecule has 2 atom stereocenters. The summed E-state index contributed by atoms with van der Waals surface area (Å²) in [5, 5.41) is 0. The zero-order chi connectivity index (χ0) is 16.6. The highest BCUT2D eigenvalue weighted by Gasteiger charge is 2.39. The van der Waals surface area contributed by atoms with E-state index in [4.69, 9.17) is 9.47 Å². The van der Waals surface area contributed by atoms with Gasteiger partial charge in [0, 0.05) is 6.54 Å². The monoisotopic (exact) mass is 317 g/mol. The van der Waals surface area contributed by atoms with Crippen molar-refractivity contribution in [2.75, 3.05) is 13.2 Å². The van der Waals surface area contributed by atoms with E-state index < -0.39 is 5.60 Å². The van der Waals surface area contributed by atoms with Gasteiger partial charge >= 0.3 is 6.09 Å². The number of amides is 1. The summed E-state index contributed by atoms with van der Waals surface area (Å²) >= 11 is 0. The molecule has 23 heavy (non-hydrogen) atoms. The quantitative estimate of drug-likeness (QED) is 0.785. The number of ether oxygens (including phenoxy) is 2. The highest BCUT2D eigenvalue weighted by molar-refractivity contribution is 5.69. The Hall–Kier alpha value is -1.55. The van der Waals surface area contributed by atoms with Crippen LogP contribution in [0.4, 0.5) is 4.79 Å². The van der Waals surface area contributed by atoms with Crippen LogP contribution in [0.2, 0.25) is 0 Å². The molecule has 0 N–H and O–H groups in total. The van der Waals surface area contributed by atoms with Gasteiger partial charge in [-0.2, -0.15) is 0 Å². The normalized spacial score (nSPS) is 24.4. The van der Waals surface area contributed by atoms with Crippen molar-refractivity contribution in [3.05, 3.63) is 34.9 Å². The topological polar surface area (TPSA) is 38.8 Å². The molecular formula is C19H27NO3. The molecule has 1 aromatic carbocycles. The molecule has 3 rings (SSSR count). The van der Waals surface area contributed by atoms with E-state index in [0.717, 1.165) is 32.4 Å². The molecule has 0 bridgehead atoms. The van der Waals surface area contributed by atoms with E-state index in [1.807, 2.05) is 25.7 Å². The largest absolute Gasteiger partial charge is 0.444 e. The van der Waals surface area contributed by atoms with Crippen LogP contribution in [0.1, 0.15) is 56.4 Å². The fourth-order valence-electron chi connectivity index (χ4n) is 3.59. The van der Waals surface area contributed by atoms with Crippen LogP contribution < -0.4 is 0 Å². The van der Waals surface area contributed by atoms with E-state index in [2.05, 4.69) is 25.1 Å². The van der Waals surface area contributed by atoms with Crippen molar-refractivity contribution in [1.82, 2.24) is 4.90 Å². The summed E-state index contributed by atoms with van der Waals surface area (Å²) in [6, 6.07) is 6.62. The van der Waals surface area contributed by atoms with Gasteiger partial charge in [0.25, 0.3) is 0 Å². The van der Waals surface area contributed by atoms with Crippen LogP contribution in [-0.2, 0) is 15.9 Å². The number of carbonyl (C=O) groups is 1. The van der Waals surface area contributed by atoms with Crippen molar-refractivity contribution in [2.24, 2.45) is 0 Å². The standard InChI is InChI=1S/C19H27NO3/c1-13-7-8-15-14(12-13)9-11-22-17(15)16-6-5-10-20(16)18(21)23-19(2,3)4/h7-8,12,16-17H,5-6,9-11H2,1-4H3/t16-,17?/m1/s1. The number of hydrogen-bond acceptors (Lipinski definition) is 3. The zero-order valence-corrected chi connectivity index (χ0v) is 14.6. The van der Waals surface area contributed by atoms with Crippen molar-refractivity contribution >= 4 is 6.09 Å². The van der Waals surface area contributed by atoms with Crippen molar-refractivity contribution in [3.8, 4) is 0 Å². The molecule has 4 nitrogen and oxygen atoms in total. The first-order valence-corrected chi connectivity index (χ1v) is 8.56. The molecule has 2 aliphatic heterocycles. The number of aryl methyl sites for hydroxylation is 1. The average Bonchev–Trinajstić information content (AvgIpc) is 2.93. The van der Waals surface area contributed by atoms with Crippen LogP contribution in [-0.4, -0.2) is 35.8 Å². The molecule has 0 radical (unpaired) electrons. The zero-order valence-electron chi connectivity index (χ0n) is 14.6. The molecule has 0 saturated carbocycles. The number of carbonyl (C=O) groups excluding carboxylic acids is 1. The molecule has 1 unspecified atom stereocenters. The van der Waals surface area contributed by atoms with Gasteiger partial charge in [0.15, 0.2) is 0 Å². The molecule has 0 spiro atoms. The van der Waals surface area contributed by atoms with Crippen LogP contribution in [0.3, 0.4) is 0 Å². The molecule has 0 aliphatic carbocycles. The Labute approximate surface area is 138 Å². The Morgan fingerprint density at radius 1 is 1.35 bits per heavy atom. The van der Waals surface area contributed by atoms with E-state index in [-0.39, 0.29) is 18.2 Å². The molecule has 2 aliphatic rings. The summed E-state index contributed by atoms with van der Waals surface area (Å²) in [4.78, 5) is 14.4. The molecule has 1 fully saturated rings. The molecule has 2 heterocycles. The Morgan fingerprint density at radius 3 is 2.87 bits per heavy atom. The van der Waals surface area contributed by atoms with E-state index >= 15 is 0 Å². The summed E-state index contributed by atoms with van der Waals surface area (Å²) in [6.45, 7) is 9.31. The number of fused-ring (bicyclic) bond motifs is 1. The Kier molecular flexibility index (Phi) is 4.37. The molecule has 0 aromatic heterocycles. The second-order valence-electron chi connectivity index (χ2n) is 7.63. The van der Waals surface area contributed by atoms with Crippen LogP contribution in [0.15, 0.2) is 18.2 Å². The maximum absolute atomic E-state index is 12.5. The smallest absolute Gasteiger partial charge is 0.410 e. The Bertz CT molecular complexity index is 591. The highest BCUT2D eigenvalue weighted by Crippen LogP contribution is 2.37. The van der Waals surface area contributed by atoms with E-state index in [0.29, 0.717) is 0 Å². The maximum Gasteiger partial charge on any atom is 0.410 e. The summed E-state index contributed by atoms with van der Waals surface area (Å²) in [7, 11) is 0. The van der Waals surface area contributed by atoms with Gasteiger partial charge in [0.1, 0.15) is 11.7 Å². The minimum absolute atomic E-state index is 0.0330. The van der Waals surface area contributed by atoms with Crippen molar-refractivity contribution in [2.45, 2.75) is 64.7 Å². The SMILES string of the molecule is Cc1ccc2c(c1)CCOC2[C@H]1CCCN1C(=O)OC(C)(C)C. The molecule has 1 aromatic rings. The number of hydrogen-bond donors (Lipinski definition) is 0. The fourth-order valence-corrected chi connectivity index (χ4v) is 3.59. The predicted molar refractivity (Wildman–Crippen MR) is 89.5 cm³/mol. The third kappa shape index (κ3) is 3.52. The summed E-state index contributed by atoms with van der Waals surface area (Å²) < 4.78 is 11.7. The van der Waals surface area contributed by atoms with Crippen LogP contribution >= 0.6 is 0 Å². The molecular weight excluding hydrogens is 290 g/mol. The first-order valence-electron chi connectivity index (χ1n) is 8.56. The lowest BCUT2D eigenvalue weighted by Gasteiger charge is -2.36. The minimum Gasteiger partial charge on any atom is -0.444 e. The minimum atomic E-state index is -0.466. The lowest BCUT2D eigenvalue weighted by Crippen LogP contribution is -2.43. The predicted octanol–water partition coefficient (Wildman–Crippen LogP) is 4.01. The van der Waals surface area contributed by atoms with E-state index in [1.165, 1.54) is 16.7 Å². The van der Waals surface area contributed by atoms with Gasteiger partial charge in [-0.05, 0) is 58.1 Å². The lowest BCUT2D eigenvalue weighted by atomic mass is 9.91. The number of likely N-dealkylation sites (tertiary alicyclic amines) is 1. The van der Waals surface area contributed by atoms with Crippen LogP contribution in [0.5, 0.6) is 0 Å². The maximum atomic E-state index is 12.5. The Morgan fingerprint density at radius 2 is 2.13 bits per heavy atom. The fraction of sp³-hybridized carbons (Fsp3) is 0.632. The molecule has 126 valence electrons. The molecule has 1 saturated heterocycles. The van der Waals surface area contributed by atoms with Gasteiger partial charge < -0.3 is 14.4 Å². The molecule has 1 amide bonds. The van der Waals surface area contributed by atoms with Gasteiger partial charge in [-0.1, -0.05) is 23.8 Å². The summed E-state index contributed by atoms with van der Waals surface area (Å²) in [5.41, 5.74) is 3.41. The third-order valence-electron chi connectivity index (χ3n) is 4.55. The average molecular weight is 317 g/mol. The third-order valence-corrected chi connectivity index (χ3v) is 4.55. The van der Waals surface area contributed by atoms with E-state index in [1.54, 1.807) is 0 Å². The first kappa shape index (κ1) is 16.3. The lowest BCUT2D eigenvalue weighted by molar-refractivity contribution is -0.0265.